The Labute approximate surface area is 144 Å². The molecule has 3 aromatic rings. The van der Waals surface area contributed by atoms with E-state index in [1.54, 1.807) is 29.9 Å². The lowest BCUT2D eigenvalue weighted by molar-refractivity contribution is 0.0995. The quantitative estimate of drug-likeness (QED) is 0.720. The number of amides is 1. The van der Waals surface area contributed by atoms with Crippen LogP contribution < -0.4 is 4.74 Å². The van der Waals surface area contributed by atoms with Crippen LogP contribution in [-0.4, -0.2) is 27.7 Å². The van der Waals surface area contributed by atoms with Crippen molar-refractivity contribution in [2.75, 3.05) is 7.11 Å². The maximum atomic E-state index is 12.1. The third-order valence-corrected chi connectivity index (χ3v) is 3.84. The first-order chi connectivity index (χ1) is 12.0. The van der Waals surface area contributed by atoms with E-state index in [-0.39, 0.29) is 17.6 Å². The molecule has 0 atom stereocenters. The van der Waals surface area contributed by atoms with Crippen LogP contribution in [0.4, 0.5) is 5.69 Å². The van der Waals surface area contributed by atoms with Gasteiger partial charge in [0.25, 0.3) is 5.91 Å². The molecule has 0 saturated heterocycles. The number of aromatic hydroxyl groups is 1. The molecule has 1 amide bonds. The number of pyridine rings is 1. The fourth-order valence-corrected chi connectivity index (χ4v) is 2.66. The fourth-order valence-electron chi connectivity index (χ4n) is 2.66. The van der Waals surface area contributed by atoms with E-state index < -0.39 is 5.91 Å². The molecular weight excluding hydrogens is 320 g/mol. The van der Waals surface area contributed by atoms with E-state index >= 15 is 0 Å². The van der Waals surface area contributed by atoms with Crippen LogP contribution in [0.25, 0.3) is 10.9 Å². The minimum absolute atomic E-state index is 0.00995. The first-order valence-corrected chi connectivity index (χ1v) is 7.80. The molecule has 0 fully saturated rings. The first-order valence-electron chi connectivity index (χ1n) is 7.80. The molecular formula is C18H18N4O3. The molecule has 3 rings (SSSR count). The highest BCUT2D eigenvalue weighted by Crippen LogP contribution is 2.42. The second-order valence-electron chi connectivity index (χ2n) is 5.76. The summed E-state index contributed by atoms with van der Waals surface area (Å²) in [5, 5.41) is 19.0. The molecule has 2 heterocycles. The minimum Gasteiger partial charge on any atom is -0.497 e. The monoisotopic (exact) mass is 338 g/mol. The molecule has 0 unspecified atom stereocenters. The van der Waals surface area contributed by atoms with Crippen molar-refractivity contribution in [2.24, 2.45) is 10.2 Å². The number of carbonyl (C=O) groups is 1. The Kier molecular flexibility index (Phi) is 4.47. The summed E-state index contributed by atoms with van der Waals surface area (Å²) >= 11 is 0. The van der Waals surface area contributed by atoms with Crippen LogP contribution in [0, 0.1) is 0 Å². The van der Waals surface area contributed by atoms with E-state index in [2.05, 4.69) is 15.2 Å². The van der Waals surface area contributed by atoms with Crippen LogP contribution in [-0.2, 0) is 0 Å². The van der Waals surface area contributed by atoms with Gasteiger partial charge < -0.3 is 14.4 Å². The standard InChI is InChI=1S/C18H18N4O3/c1-11(2)22-15-5-4-13(25-3)10-14(15)16(18(22)24)20-21-17(23)12-6-8-19-9-7-12/h4-11,24H,1-3H3. The average molecular weight is 338 g/mol. The molecule has 0 spiro atoms. The molecule has 25 heavy (non-hydrogen) atoms. The number of rotatable bonds is 4. The lowest BCUT2D eigenvalue weighted by atomic mass is 10.2. The molecule has 128 valence electrons. The Morgan fingerprint density at radius 1 is 1.24 bits per heavy atom. The van der Waals surface area contributed by atoms with Crippen LogP contribution in [0.5, 0.6) is 11.6 Å². The number of azo groups is 1. The largest absolute Gasteiger partial charge is 0.497 e. The van der Waals surface area contributed by atoms with Crippen molar-refractivity contribution in [3.8, 4) is 11.6 Å². The van der Waals surface area contributed by atoms with Gasteiger partial charge in [0.05, 0.1) is 12.6 Å². The Balaban J connectivity index is 2.10. The summed E-state index contributed by atoms with van der Waals surface area (Å²) in [6.07, 6.45) is 3.02. The van der Waals surface area contributed by atoms with Gasteiger partial charge in [0, 0.05) is 29.4 Å². The summed E-state index contributed by atoms with van der Waals surface area (Å²) in [7, 11) is 1.56. The molecule has 1 aromatic carbocycles. The van der Waals surface area contributed by atoms with E-state index in [4.69, 9.17) is 4.74 Å². The number of carbonyl (C=O) groups excluding carboxylic acids is 1. The fraction of sp³-hybridized carbons (Fsp3) is 0.222. The Morgan fingerprint density at radius 3 is 2.60 bits per heavy atom. The van der Waals surface area contributed by atoms with Crippen LogP contribution >= 0.6 is 0 Å². The lowest BCUT2D eigenvalue weighted by Gasteiger charge is -2.10. The van der Waals surface area contributed by atoms with Gasteiger partial charge in [-0.3, -0.25) is 9.78 Å². The summed E-state index contributed by atoms with van der Waals surface area (Å²) in [6.45, 7) is 3.90. The van der Waals surface area contributed by atoms with Gasteiger partial charge in [-0.25, -0.2) is 0 Å². The molecule has 1 N–H and O–H groups in total. The zero-order valence-corrected chi connectivity index (χ0v) is 14.2. The van der Waals surface area contributed by atoms with Gasteiger partial charge >= 0.3 is 0 Å². The number of nitrogens with zero attached hydrogens (tertiary/aromatic N) is 4. The van der Waals surface area contributed by atoms with Gasteiger partial charge in [-0.1, -0.05) is 0 Å². The van der Waals surface area contributed by atoms with Gasteiger partial charge in [0.15, 0.2) is 5.69 Å². The van der Waals surface area contributed by atoms with Crippen LogP contribution in [0.2, 0.25) is 0 Å². The highest BCUT2D eigenvalue weighted by Gasteiger charge is 2.19. The lowest BCUT2D eigenvalue weighted by Crippen LogP contribution is -1.99. The summed E-state index contributed by atoms with van der Waals surface area (Å²) in [5.41, 5.74) is 1.41. The van der Waals surface area contributed by atoms with Crippen molar-refractivity contribution in [1.29, 1.82) is 0 Å². The van der Waals surface area contributed by atoms with E-state index in [1.807, 2.05) is 26.0 Å². The summed E-state index contributed by atoms with van der Waals surface area (Å²) < 4.78 is 6.98. The van der Waals surface area contributed by atoms with Gasteiger partial charge in [-0.15, -0.1) is 10.2 Å². The predicted molar refractivity (Wildman–Crippen MR) is 93.6 cm³/mol. The van der Waals surface area contributed by atoms with Gasteiger partial charge in [0.2, 0.25) is 5.88 Å². The zero-order chi connectivity index (χ0) is 18.0. The number of fused-ring (bicyclic) bond motifs is 1. The number of hydrogen-bond acceptors (Lipinski definition) is 5. The van der Waals surface area contributed by atoms with Gasteiger partial charge in [-0.05, 0) is 44.2 Å². The van der Waals surface area contributed by atoms with Gasteiger partial charge in [0.1, 0.15) is 5.75 Å². The molecule has 2 aromatic heterocycles. The molecule has 0 bridgehead atoms. The average Bonchev–Trinajstić information content (AvgIpc) is 2.91. The Bertz CT molecular complexity index is 946. The van der Waals surface area contributed by atoms with E-state index in [1.165, 1.54) is 12.4 Å². The molecule has 0 radical (unpaired) electrons. The Morgan fingerprint density at radius 2 is 1.96 bits per heavy atom. The molecule has 0 saturated carbocycles. The predicted octanol–water partition coefficient (Wildman–Crippen LogP) is 4.26. The van der Waals surface area contributed by atoms with Crippen molar-refractivity contribution in [2.45, 2.75) is 19.9 Å². The van der Waals surface area contributed by atoms with Gasteiger partial charge in [-0.2, -0.15) is 0 Å². The zero-order valence-electron chi connectivity index (χ0n) is 14.2. The molecule has 0 aliphatic carbocycles. The van der Waals surface area contributed by atoms with Crippen molar-refractivity contribution in [3.63, 3.8) is 0 Å². The SMILES string of the molecule is COc1ccc2c(c1)c(N=NC(=O)c1ccncc1)c(O)n2C(C)C. The first kappa shape index (κ1) is 16.6. The summed E-state index contributed by atoms with van der Waals surface area (Å²) in [4.78, 5) is 16.0. The minimum atomic E-state index is -0.504. The third-order valence-electron chi connectivity index (χ3n) is 3.84. The van der Waals surface area contributed by atoms with Crippen molar-refractivity contribution < 1.29 is 14.6 Å². The van der Waals surface area contributed by atoms with Crippen molar-refractivity contribution in [1.82, 2.24) is 9.55 Å². The molecule has 7 heteroatoms. The number of aromatic nitrogens is 2. The van der Waals surface area contributed by atoms with E-state index in [0.717, 1.165) is 5.52 Å². The molecule has 0 aliphatic heterocycles. The number of benzene rings is 1. The normalized spacial score (nSPS) is 11.5. The number of ether oxygens (including phenoxy) is 1. The third kappa shape index (κ3) is 3.08. The maximum Gasteiger partial charge on any atom is 0.295 e. The second-order valence-corrected chi connectivity index (χ2v) is 5.76. The van der Waals surface area contributed by atoms with Crippen molar-refractivity contribution in [3.05, 3.63) is 48.3 Å². The maximum absolute atomic E-state index is 12.1. The van der Waals surface area contributed by atoms with E-state index in [0.29, 0.717) is 16.7 Å². The summed E-state index contributed by atoms with van der Waals surface area (Å²) in [5.74, 6) is 0.0880. The highest BCUT2D eigenvalue weighted by molar-refractivity contribution is 5.98. The molecule has 0 aliphatic rings. The summed E-state index contributed by atoms with van der Waals surface area (Å²) in [6, 6.07) is 8.54. The van der Waals surface area contributed by atoms with Crippen LogP contribution in [0.3, 0.4) is 0 Å². The van der Waals surface area contributed by atoms with Crippen molar-refractivity contribution >= 4 is 22.5 Å². The van der Waals surface area contributed by atoms with Crippen LogP contribution in [0.15, 0.2) is 53.0 Å². The second kappa shape index (κ2) is 6.72. The Hall–Kier alpha value is -3.22. The number of hydrogen-bond donors (Lipinski definition) is 1. The topological polar surface area (TPSA) is 89.1 Å². The number of methoxy groups -OCH3 is 1. The molecule has 7 nitrogen and oxygen atoms in total. The van der Waals surface area contributed by atoms with E-state index in [9.17, 15) is 9.90 Å². The van der Waals surface area contributed by atoms with Crippen LogP contribution in [0.1, 0.15) is 30.2 Å². The smallest absolute Gasteiger partial charge is 0.295 e. The highest BCUT2D eigenvalue weighted by atomic mass is 16.5.